The molecule has 0 bridgehead atoms. The lowest BCUT2D eigenvalue weighted by atomic mass is 9.83. The highest BCUT2D eigenvalue weighted by atomic mass is 127. The van der Waals surface area contributed by atoms with E-state index in [2.05, 4.69) is 22.6 Å². The van der Waals surface area contributed by atoms with E-state index in [1.54, 1.807) is 17.1 Å². The molecule has 2 N–H and O–H groups in total. The van der Waals surface area contributed by atoms with Gasteiger partial charge in [0.15, 0.2) is 5.60 Å². The summed E-state index contributed by atoms with van der Waals surface area (Å²) < 4.78 is 1.14. The fraction of sp³-hybridized carbons (Fsp3) is 0.286. The second kappa shape index (κ2) is 7.90. The van der Waals surface area contributed by atoms with Gasteiger partial charge in [-0.15, -0.1) is 0 Å². The van der Waals surface area contributed by atoms with Gasteiger partial charge < -0.3 is 15.1 Å². The second-order valence-electron chi connectivity index (χ2n) is 6.53. The standard InChI is InChI=1S/C21H22INO3/c1-15(6-4-5-13-24)21(26)18-7-2-3-8-19(18)23(20(21)25)14-16-9-11-17(22)12-10-16/h2-4,6-12,15,24,26H,5,13-14H2,1H3/b6-4+/t15-,21+/m1/s1. The van der Waals surface area contributed by atoms with Gasteiger partial charge in [0, 0.05) is 21.7 Å². The van der Waals surface area contributed by atoms with Crippen LogP contribution in [0.1, 0.15) is 24.5 Å². The van der Waals surface area contributed by atoms with Crippen LogP contribution in [0, 0.1) is 9.49 Å². The third kappa shape index (κ3) is 3.43. The van der Waals surface area contributed by atoms with Crippen LogP contribution in [0.5, 0.6) is 0 Å². The van der Waals surface area contributed by atoms with Crippen LogP contribution in [0.15, 0.2) is 60.7 Å². The molecule has 0 unspecified atom stereocenters. The SMILES string of the molecule is C[C@H](/C=C/CCO)[C@@]1(O)C(=O)N(Cc2ccc(I)cc2)c2ccccc21. The minimum Gasteiger partial charge on any atom is -0.396 e. The zero-order valence-electron chi connectivity index (χ0n) is 14.6. The van der Waals surface area contributed by atoms with Crippen molar-refractivity contribution in [2.75, 3.05) is 11.5 Å². The summed E-state index contributed by atoms with van der Waals surface area (Å²) in [4.78, 5) is 14.9. The quantitative estimate of drug-likeness (QED) is 0.509. The Morgan fingerprint density at radius 1 is 1.19 bits per heavy atom. The smallest absolute Gasteiger partial charge is 0.264 e. The summed E-state index contributed by atoms with van der Waals surface area (Å²) in [7, 11) is 0. The molecule has 0 aromatic heterocycles. The Balaban J connectivity index is 1.96. The second-order valence-corrected chi connectivity index (χ2v) is 7.78. The highest BCUT2D eigenvalue weighted by molar-refractivity contribution is 14.1. The van der Waals surface area contributed by atoms with Crippen molar-refractivity contribution in [3.8, 4) is 0 Å². The first kappa shape index (κ1) is 19.1. The van der Waals surface area contributed by atoms with E-state index in [0.717, 1.165) is 14.8 Å². The van der Waals surface area contributed by atoms with Gasteiger partial charge in [-0.05, 0) is 52.8 Å². The average Bonchev–Trinajstić information content (AvgIpc) is 2.87. The summed E-state index contributed by atoms with van der Waals surface area (Å²) in [6.07, 6.45) is 4.11. The van der Waals surface area contributed by atoms with Crippen molar-refractivity contribution in [1.29, 1.82) is 0 Å². The number of nitrogens with zero attached hydrogens (tertiary/aromatic N) is 1. The number of halogens is 1. The molecule has 2 atom stereocenters. The van der Waals surface area contributed by atoms with Gasteiger partial charge in [0.2, 0.25) is 0 Å². The number of benzene rings is 2. The van der Waals surface area contributed by atoms with Gasteiger partial charge in [-0.25, -0.2) is 0 Å². The normalized spacial score (nSPS) is 20.6. The van der Waals surface area contributed by atoms with Crippen LogP contribution < -0.4 is 4.90 Å². The van der Waals surface area contributed by atoms with Gasteiger partial charge in [-0.2, -0.15) is 0 Å². The van der Waals surface area contributed by atoms with E-state index in [1.807, 2.05) is 55.5 Å². The molecule has 136 valence electrons. The number of amides is 1. The Bertz CT molecular complexity index is 818. The molecule has 3 rings (SSSR count). The molecule has 26 heavy (non-hydrogen) atoms. The highest BCUT2D eigenvalue weighted by Crippen LogP contribution is 2.45. The van der Waals surface area contributed by atoms with Gasteiger partial charge in [0.05, 0.1) is 12.2 Å². The van der Waals surface area contributed by atoms with Gasteiger partial charge in [-0.1, -0.05) is 49.4 Å². The predicted octanol–water partition coefficient (Wildman–Crippen LogP) is 3.60. The molecular weight excluding hydrogens is 441 g/mol. The number of carbonyl (C=O) groups excluding carboxylic acids is 1. The summed E-state index contributed by atoms with van der Waals surface area (Å²) in [6, 6.07) is 15.4. The number of aliphatic hydroxyl groups is 2. The molecule has 1 aliphatic heterocycles. The molecule has 2 aromatic carbocycles. The zero-order valence-corrected chi connectivity index (χ0v) is 16.8. The van der Waals surface area contributed by atoms with Crippen molar-refractivity contribution >= 4 is 34.2 Å². The number of hydrogen-bond donors (Lipinski definition) is 2. The minimum atomic E-state index is -1.59. The van der Waals surface area contributed by atoms with Crippen molar-refractivity contribution in [3.63, 3.8) is 0 Å². The summed E-state index contributed by atoms with van der Waals surface area (Å²) in [6.45, 7) is 2.30. The minimum absolute atomic E-state index is 0.0467. The van der Waals surface area contributed by atoms with Crippen LogP contribution in [-0.4, -0.2) is 22.7 Å². The van der Waals surface area contributed by atoms with E-state index in [1.165, 1.54) is 0 Å². The van der Waals surface area contributed by atoms with E-state index in [9.17, 15) is 9.90 Å². The lowest BCUT2D eigenvalue weighted by molar-refractivity contribution is -0.139. The first-order chi connectivity index (χ1) is 12.5. The monoisotopic (exact) mass is 463 g/mol. The fourth-order valence-electron chi connectivity index (χ4n) is 3.35. The summed E-state index contributed by atoms with van der Waals surface area (Å²) >= 11 is 2.25. The molecule has 1 aliphatic rings. The maximum Gasteiger partial charge on any atom is 0.264 e. The molecule has 5 heteroatoms. The Kier molecular flexibility index (Phi) is 5.79. The van der Waals surface area contributed by atoms with Gasteiger partial charge >= 0.3 is 0 Å². The predicted molar refractivity (Wildman–Crippen MR) is 111 cm³/mol. The van der Waals surface area contributed by atoms with Crippen molar-refractivity contribution in [2.45, 2.75) is 25.5 Å². The van der Waals surface area contributed by atoms with Crippen LogP contribution in [0.3, 0.4) is 0 Å². The summed E-state index contributed by atoms with van der Waals surface area (Å²) in [5.74, 6) is -0.706. The molecule has 1 heterocycles. The molecule has 0 fully saturated rings. The lowest BCUT2D eigenvalue weighted by Gasteiger charge is -2.27. The number of hydrogen-bond acceptors (Lipinski definition) is 3. The number of carbonyl (C=O) groups is 1. The van der Waals surface area contributed by atoms with Crippen LogP contribution in [0.25, 0.3) is 0 Å². The molecule has 0 radical (unpaired) electrons. The maximum absolute atomic E-state index is 13.2. The first-order valence-electron chi connectivity index (χ1n) is 8.64. The van der Waals surface area contributed by atoms with Crippen LogP contribution in [-0.2, 0) is 16.9 Å². The Morgan fingerprint density at radius 2 is 1.88 bits per heavy atom. The van der Waals surface area contributed by atoms with E-state index in [0.29, 0.717) is 18.5 Å². The van der Waals surface area contributed by atoms with Crippen LogP contribution in [0.4, 0.5) is 5.69 Å². The third-order valence-electron chi connectivity index (χ3n) is 4.81. The van der Waals surface area contributed by atoms with Crippen LogP contribution in [0.2, 0.25) is 0 Å². The number of rotatable bonds is 6. The Labute approximate surface area is 167 Å². The van der Waals surface area contributed by atoms with Crippen LogP contribution >= 0.6 is 22.6 Å². The first-order valence-corrected chi connectivity index (χ1v) is 9.72. The molecule has 4 nitrogen and oxygen atoms in total. The van der Waals surface area contributed by atoms with E-state index >= 15 is 0 Å². The molecule has 0 saturated heterocycles. The van der Waals surface area contributed by atoms with Crippen molar-refractivity contribution < 1.29 is 15.0 Å². The summed E-state index contributed by atoms with van der Waals surface area (Å²) in [5.41, 5.74) is 0.810. The molecule has 0 aliphatic carbocycles. The summed E-state index contributed by atoms with van der Waals surface area (Å²) in [5, 5.41) is 20.3. The highest BCUT2D eigenvalue weighted by Gasteiger charge is 2.52. The largest absolute Gasteiger partial charge is 0.396 e. The van der Waals surface area contributed by atoms with E-state index in [-0.39, 0.29) is 12.5 Å². The molecule has 2 aromatic rings. The molecular formula is C21H22INO3. The fourth-order valence-corrected chi connectivity index (χ4v) is 3.70. The Morgan fingerprint density at radius 3 is 2.58 bits per heavy atom. The number of anilines is 1. The number of aliphatic hydroxyl groups excluding tert-OH is 1. The van der Waals surface area contributed by atoms with Gasteiger partial charge in [0.1, 0.15) is 0 Å². The van der Waals surface area contributed by atoms with E-state index < -0.39 is 11.5 Å². The maximum atomic E-state index is 13.2. The molecule has 0 saturated carbocycles. The average molecular weight is 463 g/mol. The number of fused-ring (bicyclic) bond motifs is 1. The van der Waals surface area contributed by atoms with Crippen molar-refractivity contribution in [1.82, 2.24) is 0 Å². The third-order valence-corrected chi connectivity index (χ3v) is 5.53. The van der Waals surface area contributed by atoms with E-state index in [4.69, 9.17) is 5.11 Å². The molecule has 1 amide bonds. The number of para-hydroxylation sites is 1. The zero-order chi connectivity index (χ0) is 18.7. The topological polar surface area (TPSA) is 60.8 Å². The van der Waals surface area contributed by atoms with Gasteiger partial charge in [-0.3, -0.25) is 4.79 Å². The lowest BCUT2D eigenvalue weighted by Crippen LogP contribution is -2.44. The van der Waals surface area contributed by atoms with Crippen molar-refractivity contribution in [2.24, 2.45) is 5.92 Å². The molecule has 0 spiro atoms. The van der Waals surface area contributed by atoms with Crippen molar-refractivity contribution in [3.05, 3.63) is 75.4 Å². The van der Waals surface area contributed by atoms with Gasteiger partial charge in [0.25, 0.3) is 5.91 Å². The Hall–Kier alpha value is -1.70.